The number of halogens is 1. The molecule has 0 unspecified atom stereocenters. The maximum Gasteiger partial charge on any atom is 0.0226 e. The lowest BCUT2D eigenvalue weighted by Crippen LogP contribution is -2.19. The summed E-state index contributed by atoms with van der Waals surface area (Å²) in [6, 6.07) is 9.42. The smallest absolute Gasteiger partial charge is 0.0226 e. The number of aryl methyl sites for hydroxylation is 1. The van der Waals surface area contributed by atoms with Gasteiger partial charge in [0.25, 0.3) is 0 Å². The van der Waals surface area contributed by atoms with Crippen molar-refractivity contribution in [3.63, 3.8) is 0 Å². The summed E-state index contributed by atoms with van der Waals surface area (Å²) in [5.41, 5.74) is 3.61. The highest BCUT2D eigenvalue weighted by atomic mass is 35.5. The van der Waals surface area contributed by atoms with Gasteiger partial charge in [-0.25, -0.2) is 0 Å². The molecular formula is C16H21Cl. The van der Waals surface area contributed by atoms with Crippen LogP contribution in [-0.2, 0) is 11.8 Å². The van der Waals surface area contributed by atoms with Gasteiger partial charge in [0.1, 0.15) is 0 Å². The Morgan fingerprint density at radius 2 is 1.82 bits per heavy atom. The van der Waals surface area contributed by atoms with Gasteiger partial charge in [0, 0.05) is 5.88 Å². The fourth-order valence-corrected chi connectivity index (χ4v) is 4.03. The molecule has 0 nitrogen and oxygen atoms in total. The number of alkyl halides is 1. The van der Waals surface area contributed by atoms with Crippen molar-refractivity contribution in [1.82, 2.24) is 0 Å². The molecule has 0 spiro atoms. The molecule has 0 amide bonds. The van der Waals surface area contributed by atoms with Gasteiger partial charge in [-0.05, 0) is 67.4 Å². The summed E-state index contributed by atoms with van der Waals surface area (Å²) in [5, 5.41) is 0. The van der Waals surface area contributed by atoms with Crippen molar-refractivity contribution in [3.05, 3.63) is 35.4 Å². The van der Waals surface area contributed by atoms with Crippen molar-refractivity contribution in [2.24, 2.45) is 5.92 Å². The zero-order valence-corrected chi connectivity index (χ0v) is 11.2. The molecule has 0 aliphatic heterocycles. The minimum absolute atomic E-state index is 0.565. The van der Waals surface area contributed by atoms with E-state index in [1.807, 2.05) is 0 Å². The minimum atomic E-state index is 0.565. The Morgan fingerprint density at radius 1 is 1.12 bits per heavy atom. The number of rotatable bonds is 4. The molecule has 0 aromatic heterocycles. The van der Waals surface area contributed by atoms with Gasteiger partial charge in [0.15, 0.2) is 0 Å². The van der Waals surface area contributed by atoms with Crippen LogP contribution in [0, 0.1) is 5.92 Å². The van der Waals surface area contributed by atoms with Crippen molar-refractivity contribution in [1.29, 1.82) is 0 Å². The number of fused-ring (bicyclic) bond motifs is 2. The van der Waals surface area contributed by atoms with Crippen LogP contribution in [0.15, 0.2) is 24.3 Å². The molecular weight excluding hydrogens is 228 g/mol. The predicted molar refractivity (Wildman–Crippen MR) is 73.7 cm³/mol. The topological polar surface area (TPSA) is 0 Å². The molecule has 92 valence electrons. The van der Waals surface area contributed by atoms with E-state index in [0.717, 1.165) is 24.6 Å². The SMILES string of the molecule is ClCCCc1ccc(C23CCC(CC2)C3)cc1. The Bertz CT molecular complexity index is 371. The Hall–Kier alpha value is -0.490. The van der Waals surface area contributed by atoms with E-state index >= 15 is 0 Å². The lowest BCUT2D eigenvalue weighted by molar-refractivity contribution is 0.419. The van der Waals surface area contributed by atoms with E-state index in [9.17, 15) is 0 Å². The highest BCUT2D eigenvalue weighted by molar-refractivity contribution is 6.17. The summed E-state index contributed by atoms with van der Waals surface area (Å²) >= 11 is 5.74. The summed E-state index contributed by atoms with van der Waals surface area (Å²) < 4.78 is 0. The van der Waals surface area contributed by atoms with Gasteiger partial charge in [0.2, 0.25) is 0 Å². The van der Waals surface area contributed by atoms with Crippen LogP contribution in [0.25, 0.3) is 0 Å². The normalized spacial score (nSPS) is 31.0. The summed E-state index contributed by atoms with van der Waals surface area (Å²) in [5.74, 6) is 1.80. The monoisotopic (exact) mass is 248 g/mol. The first-order chi connectivity index (χ1) is 8.32. The average Bonchev–Trinajstić information content (AvgIpc) is 2.98. The largest absolute Gasteiger partial charge is 0.127 e. The van der Waals surface area contributed by atoms with Crippen LogP contribution in [0.2, 0.25) is 0 Å². The van der Waals surface area contributed by atoms with E-state index in [1.54, 1.807) is 5.56 Å². The van der Waals surface area contributed by atoms with E-state index < -0.39 is 0 Å². The summed E-state index contributed by atoms with van der Waals surface area (Å²) in [6.07, 6.45) is 9.46. The summed E-state index contributed by atoms with van der Waals surface area (Å²) in [6.45, 7) is 0. The summed E-state index contributed by atoms with van der Waals surface area (Å²) in [4.78, 5) is 0. The second-order valence-corrected chi connectivity index (χ2v) is 6.30. The second-order valence-electron chi connectivity index (χ2n) is 5.92. The zero-order chi connectivity index (χ0) is 11.7. The van der Waals surface area contributed by atoms with Crippen LogP contribution in [0.5, 0.6) is 0 Å². The molecule has 0 radical (unpaired) electrons. The molecule has 2 aliphatic carbocycles. The van der Waals surface area contributed by atoms with Gasteiger partial charge < -0.3 is 0 Å². The summed E-state index contributed by atoms with van der Waals surface area (Å²) in [7, 11) is 0. The van der Waals surface area contributed by atoms with E-state index in [1.165, 1.54) is 37.7 Å². The fraction of sp³-hybridized carbons (Fsp3) is 0.625. The molecule has 3 rings (SSSR count). The van der Waals surface area contributed by atoms with Crippen LogP contribution in [0.1, 0.15) is 49.7 Å². The third-order valence-electron chi connectivity index (χ3n) is 4.91. The van der Waals surface area contributed by atoms with Crippen LogP contribution < -0.4 is 0 Å². The molecule has 1 heteroatoms. The molecule has 0 atom stereocenters. The van der Waals surface area contributed by atoms with E-state index in [2.05, 4.69) is 24.3 Å². The number of hydrogen-bond acceptors (Lipinski definition) is 0. The fourth-order valence-electron chi connectivity index (χ4n) is 3.89. The van der Waals surface area contributed by atoms with Gasteiger partial charge in [-0.15, -0.1) is 11.6 Å². The Morgan fingerprint density at radius 3 is 2.35 bits per heavy atom. The van der Waals surface area contributed by atoms with Crippen molar-refractivity contribution in [2.75, 3.05) is 5.88 Å². The first kappa shape index (κ1) is 11.6. The Balaban J connectivity index is 1.76. The lowest BCUT2D eigenvalue weighted by atomic mass is 9.77. The molecule has 2 saturated carbocycles. The van der Waals surface area contributed by atoms with Crippen LogP contribution >= 0.6 is 11.6 Å². The molecule has 2 fully saturated rings. The lowest BCUT2D eigenvalue weighted by Gasteiger charge is -2.27. The first-order valence-electron chi connectivity index (χ1n) is 6.98. The molecule has 0 heterocycles. The van der Waals surface area contributed by atoms with E-state index in [0.29, 0.717) is 5.41 Å². The molecule has 1 aromatic carbocycles. The van der Waals surface area contributed by atoms with Crippen LogP contribution in [0.4, 0.5) is 0 Å². The highest BCUT2D eigenvalue weighted by Gasteiger charge is 2.45. The van der Waals surface area contributed by atoms with E-state index in [4.69, 9.17) is 11.6 Å². The number of benzene rings is 1. The zero-order valence-electron chi connectivity index (χ0n) is 10.4. The second kappa shape index (κ2) is 4.65. The first-order valence-corrected chi connectivity index (χ1v) is 7.51. The predicted octanol–water partition coefficient (Wildman–Crippen LogP) is 4.69. The minimum Gasteiger partial charge on any atom is -0.127 e. The Labute approximate surface area is 109 Å². The van der Waals surface area contributed by atoms with Crippen molar-refractivity contribution in [3.8, 4) is 0 Å². The molecule has 1 aromatic rings. The maximum atomic E-state index is 5.74. The van der Waals surface area contributed by atoms with Gasteiger partial charge in [-0.2, -0.15) is 0 Å². The highest BCUT2D eigenvalue weighted by Crippen LogP contribution is 2.55. The van der Waals surface area contributed by atoms with Gasteiger partial charge >= 0.3 is 0 Å². The molecule has 0 N–H and O–H groups in total. The van der Waals surface area contributed by atoms with Crippen molar-refractivity contribution < 1.29 is 0 Å². The quantitative estimate of drug-likeness (QED) is 0.678. The molecule has 2 aliphatic rings. The number of hydrogen-bond donors (Lipinski definition) is 0. The molecule has 17 heavy (non-hydrogen) atoms. The van der Waals surface area contributed by atoms with Gasteiger partial charge in [0.05, 0.1) is 0 Å². The standard InChI is InChI=1S/C16H21Cl/c17-11-1-2-13-3-5-15(6-4-13)16-9-7-14(12-16)8-10-16/h3-6,14H,1-2,7-12H2. The molecule has 2 bridgehead atoms. The Kier molecular flexibility index (Phi) is 3.17. The average molecular weight is 249 g/mol. The van der Waals surface area contributed by atoms with Crippen LogP contribution in [-0.4, -0.2) is 5.88 Å². The molecule has 0 saturated heterocycles. The van der Waals surface area contributed by atoms with Crippen LogP contribution in [0.3, 0.4) is 0 Å². The maximum absolute atomic E-state index is 5.74. The third kappa shape index (κ3) is 2.12. The van der Waals surface area contributed by atoms with E-state index in [-0.39, 0.29) is 0 Å². The van der Waals surface area contributed by atoms with Crippen molar-refractivity contribution >= 4 is 11.6 Å². The van der Waals surface area contributed by atoms with Gasteiger partial charge in [-0.3, -0.25) is 0 Å². The van der Waals surface area contributed by atoms with Gasteiger partial charge in [-0.1, -0.05) is 24.3 Å². The third-order valence-corrected chi connectivity index (χ3v) is 5.17. The van der Waals surface area contributed by atoms with Crippen molar-refractivity contribution in [2.45, 2.75) is 50.4 Å².